The maximum Gasteiger partial charge on any atom is 0.305 e. The number of nitrogens with zero attached hydrogens (tertiary/aromatic N) is 1. The van der Waals surface area contributed by atoms with Crippen molar-refractivity contribution in [2.75, 3.05) is 7.11 Å². The molecule has 0 saturated heterocycles. The number of hydrogen-bond donors (Lipinski definition) is 2. The molecular formula is C13H15N3O6. The van der Waals surface area contributed by atoms with Crippen molar-refractivity contribution in [1.82, 2.24) is 5.32 Å². The molecule has 0 unspecified atom stereocenters. The molecule has 9 heteroatoms. The summed E-state index contributed by atoms with van der Waals surface area (Å²) in [6.45, 7) is 0. The van der Waals surface area contributed by atoms with Crippen LogP contribution in [0.5, 0.6) is 0 Å². The van der Waals surface area contributed by atoms with Gasteiger partial charge < -0.3 is 15.8 Å². The van der Waals surface area contributed by atoms with Crippen molar-refractivity contribution < 1.29 is 24.0 Å². The molecule has 3 N–H and O–H groups in total. The number of non-ortho nitro benzene ring substituents is 1. The van der Waals surface area contributed by atoms with E-state index < -0.39 is 28.7 Å². The van der Waals surface area contributed by atoms with Crippen LogP contribution in [0.25, 0.3) is 0 Å². The van der Waals surface area contributed by atoms with E-state index in [0.29, 0.717) is 0 Å². The van der Waals surface area contributed by atoms with Crippen LogP contribution in [0, 0.1) is 10.1 Å². The summed E-state index contributed by atoms with van der Waals surface area (Å²) >= 11 is 0. The van der Waals surface area contributed by atoms with Crippen LogP contribution in [-0.4, -0.2) is 35.9 Å². The fraction of sp³-hybridized carbons (Fsp3) is 0.308. The van der Waals surface area contributed by atoms with E-state index in [1.54, 1.807) is 0 Å². The van der Waals surface area contributed by atoms with Crippen LogP contribution in [0.2, 0.25) is 0 Å². The molecule has 0 heterocycles. The van der Waals surface area contributed by atoms with E-state index in [1.165, 1.54) is 25.3 Å². The minimum atomic E-state index is -1.08. The standard InChI is InChI=1S/C13H15N3O6/c1-22-11(17)6-5-10(12(14)18)15-13(19)8-3-2-4-9(7-8)16(20)21/h2-4,7,10H,5-6H2,1H3,(H2,14,18)(H,15,19)/t10-/m1/s1. The Morgan fingerprint density at radius 3 is 2.64 bits per heavy atom. The highest BCUT2D eigenvalue weighted by Crippen LogP contribution is 2.13. The van der Waals surface area contributed by atoms with Gasteiger partial charge in [-0.25, -0.2) is 0 Å². The van der Waals surface area contributed by atoms with E-state index in [4.69, 9.17) is 5.73 Å². The summed E-state index contributed by atoms with van der Waals surface area (Å²) in [5.41, 5.74) is 4.92. The van der Waals surface area contributed by atoms with E-state index in [0.717, 1.165) is 6.07 Å². The van der Waals surface area contributed by atoms with Gasteiger partial charge in [0.05, 0.1) is 12.0 Å². The number of amides is 2. The van der Waals surface area contributed by atoms with Gasteiger partial charge in [0.1, 0.15) is 6.04 Å². The highest BCUT2D eigenvalue weighted by atomic mass is 16.6. The molecule has 0 spiro atoms. The first kappa shape index (κ1) is 17.1. The van der Waals surface area contributed by atoms with Crippen LogP contribution < -0.4 is 11.1 Å². The van der Waals surface area contributed by atoms with Crippen molar-refractivity contribution >= 4 is 23.5 Å². The molecule has 22 heavy (non-hydrogen) atoms. The molecule has 1 aromatic carbocycles. The molecule has 1 aromatic rings. The first-order valence-electron chi connectivity index (χ1n) is 6.26. The lowest BCUT2D eigenvalue weighted by atomic mass is 10.1. The number of ether oxygens (including phenoxy) is 1. The maximum absolute atomic E-state index is 12.0. The number of nitro groups is 1. The van der Waals surface area contributed by atoms with Crippen molar-refractivity contribution in [3.8, 4) is 0 Å². The molecule has 118 valence electrons. The molecule has 9 nitrogen and oxygen atoms in total. The lowest BCUT2D eigenvalue weighted by Gasteiger charge is -2.14. The topological polar surface area (TPSA) is 142 Å². The Kier molecular flexibility index (Phi) is 5.99. The summed E-state index contributed by atoms with van der Waals surface area (Å²) in [4.78, 5) is 44.4. The third kappa shape index (κ3) is 4.85. The number of carbonyl (C=O) groups is 3. The Morgan fingerprint density at radius 1 is 1.41 bits per heavy atom. The zero-order valence-corrected chi connectivity index (χ0v) is 11.8. The van der Waals surface area contributed by atoms with Crippen LogP contribution in [0.1, 0.15) is 23.2 Å². The van der Waals surface area contributed by atoms with E-state index in [2.05, 4.69) is 10.1 Å². The molecule has 0 aliphatic carbocycles. The van der Waals surface area contributed by atoms with Gasteiger partial charge in [-0.2, -0.15) is 0 Å². The lowest BCUT2D eigenvalue weighted by molar-refractivity contribution is -0.384. The second kappa shape index (κ2) is 7.72. The smallest absolute Gasteiger partial charge is 0.305 e. The molecule has 1 atom stereocenters. The third-order valence-electron chi connectivity index (χ3n) is 2.83. The van der Waals surface area contributed by atoms with E-state index in [-0.39, 0.29) is 24.1 Å². The SMILES string of the molecule is COC(=O)CC[C@@H](NC(=O)c1cccc([N+](=O)[O-])c1)C(N)=O. The highest BCUT2D eigenvalue weighted by molar-refractivity contribution is 5.97. The van der Waals surface area contributed by atoms with Gasteiger partial charge in [-0.3, -0.25) is 24.5 Å². The number of nitrogens with two attached hydrogens (primary N) is 1. The van der Waals surface area contributed by atoms with Crippen molar-refractivity contribution in [3.05, 3.63) is 39.9 Å². The Balaban J connectivity index is 2.78. The zero-order chi connectivity index (χ0) is 16.7. The predicted octanol–water partition coefficient (Wildman–Crippen LogP) is 0.132. The Morgan fingerprint density at radius 2 is 2.09 bits per heavy atom. The van der Waals surface area contributed by atoms with Crippen molar-refractivity contribution in [1.29, 1.82) is 0 Å². The largest absolute Gasteiger partial charge is 0.469 e. The summed E-state index contributed by atoms with van der Waals surface area (Å²) < 4.78 is 4.43. The minimum Gasteiger partial charge on any atom is -0.469 e. The molecule has 0 aliphatic rings. The molecule has 0 bridgehead atoms. The van der Waals surface area contributed by atoms with Crippen LogP contribution in [0.15, 0.2) is 24.3 Å². The number of benzene rings is 1. The van der Waals surface area contributed by atoms with E-state index in [1.807, 2.05) is 0 Å². The number of esters is 1. The molecule has 1 rings (SSSR count). The molecule has 0 radical (unpaired) electrons. The molecule has 0 aliphatic heterocycles. The second-order valence-electron chi connectivity index (χ2n) is 4.35. The van der Waals surface area contributed by atoms with Gasteiger partial charge >= 0.3 is 5.97 Å². The van der Waals surface area contributed by atoms with E-state index >= 15 is 0 Å². The number of nitrogens with one attached hydrogen (secondary N) is 1. The number of hydrogen-bond acceptors (Lipinski definition) is 6. The van der Waals surface area contributed by atoms with Crippen LogP contribution in [-0.2, 0) is 14.3 Å². The number of nitro benzene ring substituents is 1. The molecule has 0 saturated carbocycles. The Hall–Kier alpha value is -2.97. The molecule has 0 fully saturated rings. The summed E-state index contributed by atoms with van der Waals surface area (Å²) in [5, 5.41) is 13.0. The highest BCUT2D eigenvalue weighted by Gasteiger charge is 2.21. The molecule has 0 aromatic heterocycles. The first-order valence-corrected chi connectivity index (χ1v) is 6.26. The van der Waals surface area contributed by atoms with Crippen LogP contribution in [0.4, 0.5) is 5.69 Å². The van der Waals surface area contributed by atoms with Gasteiger partial charge in [0.15, 0.2) is 0 Å². The van der Waals surface area contributed by atoms with Crippen LogP contribution in [0.3, 0.4) is 0 Å². The summed E-state index contributed by atoms with van der Waals surface area (Å²) in [7, 11) is 1.20. The van der Waals surface area contributed by atoms with Crippen molar-refractivity contribution in [3.63, 3.8) is 0 Å². The fourth-order valence-electron chi connectivity index (χ4n) is 1.65. The average molecular weight is 309 g/mol. The predicted molar refractivity (Wildman–Crippen MR) is 74.8 cm³/mol. The average Bonchev–Trinajstić information content (AvgIpc) is 2.50. The Labute approximate surface area is 125 Å². The monoisotopic (exact) mass is 309 g/mol. The second-order valence-corrected chi connectivity index (χ2v) is 4.35. The third-order valence-corrected chi connectivity index (χ3v) is 2.83. The van der Waals surface area contributed by atoms with Gasteiger partial charge in [0.25, 0.3) is 11.6 Å². The Bertz CT molecular complexity index is 601. The van der Waals surface area contributed by atoms with Gasteiger partial charge in [0, 0.05) is 24.1 Å². The maximum atomic E-state index is 12.0. The van der Waals surface area contributed by atoms with Crippen molar-refractivity contribution in [2.24, 2.45) is 5.73 Å². The fourth-order valence-corrected chi connectivity index (χ4v) is 1.65. The van der Waals surface area contributed by atoms with Gasteiger partial charge in [-0.05, 0) is 12.5 Å². The molecular weight excluding hydrogens is 294 g/mol. The normalized spacial score (nSPS) is 11.3. The molecule has 2 amide bonds. The number of primary amides is 1. The van der Waals surface area contributed by atoms with E-state index in [9.17, 15) is 24.5 Å². The number of methoxy groups -OCH3 is 1. The number of rotatable bonds is 7. The van der Waals surface area contributed by atoms with Gasteiger partial charge in [0.2, 0.25) is 5.91 Å². The van der Waals surface area contributed by atoms with Gasteiger partial charge in [-0.15, -0.1) is 0 Å². The first-order chi connectivity index (χ1) is 10.3. The van der Waals surface area contributed by atoms with Crippen molar-refractivity contribution in [2.45, 2.75) is 18.9 Å². The summed E-state index contributed by atoms with van der Waals surface area (Å²) in [5.74, 6) is -2.06. The summed E-state index contributed by atoms with van der Waals surface area (Å²) in [6.07, 6.45) is -0.123. The minimum absolute atomic E-state index is 0.0125. The summed E-state index contributed by atoms with van der Waals surface area (Å²) in [6, 6.07) is 3.94. The van der Waals surface area contributed by atoms with Gasteiger partial charge in [-0.1, -0.05) is 6.07 Å². The number of carbonyl (C=O) groups excluding carboxylic acids is 3. The quantitative estimate of drug-likeness (QED) is 0.416. The zero-order valence-electron chi connectivity index (χ0n) is 11.8. The van der Waals surface area contributed by atoms with Crippen LogP contribution >= 0.6 is 0 Å². The lowest BCUT2D eigenvalue weighted by Crippen LogP contribution is -2.44.